The molecule has 1 amide bonds. The lowest BCUT2D eigenvalue weighted by molar-refractivity contribution is -0.129. The number of hydrogen-bond donors (Lipinski definition) is 2. The van der Waals surface area contributed by atoms with Crippen LogP contribution in [0, 0.1) is 5.92 Å². The summed E-state index contributed by atoms with van der Waals surface area (Å²) in [5, 5.41) is 3.04. The highest BCUT2D eigenvalue weighted by Crippen LogP contribution is 2.17. The van der Waals surface area contributed by atoms with Crippen molar-refractivity contribution in [3.05, 3.63) is 0 Å². The minimum absolute atomic E-state index is 0.108. The molecular formula is C11H22N2O2. The number of carbonyl (C=O) groups excluding carboxylic acids is 1. The molecule has 1 aliphatic heterocycles. The second kappa shape index (κ2) is 5.47. The van der Waals surface area contributed by atoms with Gasteiger partial charge in [0.05, 0.1) is 0 Å². The molecule has 3 N–H and O–H groups in total. The summed E-state index contributed by atoms with van der Waals surface area (Å²) in [5.41, 5.74) is 5.40. The van der Waals surface area contributed by atoms with E-state index in [1.165, 1.54) is 0 Å². The highest BCUT2D eigenvalue weighted by Gasteiger charge is 2.28. The maximum absolute atomic E-state index is 11.9. The summed E-state index contributed by atoms with van der Waals surface area (Å²) >= 11 is 0. The van der Waals surface area contributed by atoms with E-state index in [4.69, 9.17) is 10.5 Å². The summed E-state index contributed by atoms with van der Waals surface area (Å²) in [6.07, 6.45) is 2.52. The van der Waals surface area contributed by atoms with Crippen molar-refractivity contribution in [1.82, 2.24) is 5.32 Å². The Labute approximate surface area is 91.5 Å². The van der Waals surface area contributed by atoms with Crippen molar-refractivity contribution >= 4 is 5.91 Å². The molecule has 0 spiro atoms. The third-order valence-electron chi connectivity index (χ3n) is 3.25. The van der Waals surface area contributed by atoms with Gasteiger partial charge >= 0.3 is 0 Å². The van der Waals surface area contributed by atoms with Gasteiger partial charge in [-0.2, -0.15) is 0 Å². The quantitative estimate of drug-likeness (QED) is 0.722. The van der Waals surface area contributed by atoms with Crippen molar-refractivity contribution in [2.75, 3.05) is 19.8 Å². The van der Waals surface area contributed by atoms with E-state index in [-0.39, 0.29) is 17.4 Å². The van der Waals surface area contributed by atoms with Crippen LogP contribution in [0.2, 0.25) is 0 Å². The van der Waals surface area contributed by atoms with Gasteiger partial charge in [0, 0.05) is 31.2 Å². The number of nitrogens with two attached hydrogens (primary N) is 1. The zero-order valence-corrected chi connectivity index (χ0v) is 9.71. The Balaban J connectivity index is 2.46. The van der Waals surface area contributed by atoms with Gasteiger partial charge in [-0.05, 0) is 26.2 Å². The van der Waals surface area contributed by atoms with E-state index in [0.29, 0.717) is 19.8 Å². The third-order valence-corrected chi connectivity index (χ3v) is 3.25. The van der Waals surface area contributed by atoms with Gasteiger partial charge < -0.3 is 15.8 Å². The molecule has 1 rings (SSSR count). The maximum atomic E-state index is 11.9. The van der Waals surface area contributed by atoms with Crippen LogP contribution < -0.4 is 11.1 Å². The molecule has 1 heterocycles. The van der Waals surface area contributed by atoms with Crippen molar-refractivity contribution < 1.29 is 9.53 Å². The summed E-state index contributed by atoms with van der Waals surface area (Å²) in [6.45, 7) is 5.91. The fourth-order valence-electron chi connectivity index (χ4n) is 1.64. The zero-order chi connectivity index (χ0) is 11.3. The van der Waals surface area contributed by atoms with Gasteiger partial charge in [0.25, 0.3) is 0 Å². The summed E-state index contributed by atoms with van der Waals surface area (Å²) in [6, 6.07) is 0. The molecule has 0 bridgehead atoms. The molecule has 0 radical (unpaired) electrons. The van der Waals surface area contributed by atoms with Gasteiger partial charge in [0.1, 0.15) is 0 Å². The molecule has 88 valence electrons. The van der Waals surface area contributed by atoms with E-state index in [0.717, 1.165) is 19.3 Å². The Morgan fingerprint density at radius 2 is 2.13 bits per heavy atom. The highest BCUT2D eigenvalue weighted by molar-refractivity contribution is 5.79. The van der Waals surface area contributed by atoms with Gasteiger partial charge in [-0.15, -0.1) is 0 Å². The molecule has 0 aromatic rings. The van der Waals surface area contributed by atoms with Crippen molar-refractivity contribution in [2.45, 2.75) is 38.6 Å². The lowest BCUT2D eigenvalue weighted by atomic mass is 9.94. The second-order valence-corrected chi connectivity index (χ2v) is 4.49. The largest absolute Gasteiger partial charge is 0.381 e. The first-order valence-corrected chi connectivity index (χ1v) is 5.71. The van der Waals surface area contributed by atoms with Crippen molar-refractivity contribution in [3.63, 3.8) is 0 Å². The molecule has 1 atom stereocenters. The monoisotopic (exact) mass is 214 g/mol. The number of hydrogen-bond acceptors (Lipinski definition) is 3. The molecule has 4 nitrogen and oxygen atoms in total. The van der Waals surface area contributed by atoms with Gasteiger partial charge in [-0.25, -0.2) is 0 Å². The summed E-state index contributed by atoms with van der Waals surface area (Å²) in [5.74, 6) is 0.240. The van der Waals surface area contributed by atoms with E-state index < -0.39 is 0 Å². The smallest absolute Gasteiger partial charge is 0.223 e. The number of amides is 1. The van der Waals surface area contributed by atoms with Crippen molar-refractivity contribution in [3.8, 4) is 0 Å². The fourth-order valence-corrected chi connectivity index (χ4v) is 1.64. The third kappa shape index (κ3) is 3.47. The Morgan fingerprint density at radius 3 is 2.60 bits per heavy atom. The number of ether oxygens (including phenoxy) is 1. The molecule has 1 saturated heterocycles. The minimum atomic E-state index is -0.255. The van der Waals surface area contributed by atoms with Crippen LogP contribution in [0.25, 0.3) is 0 Å². The van der Waals surface area contributed by atoms with Crippen LogP contribution in [0.1, 0.15) is 33.1 Å². The van der Waals surface area contributed by atoms with Crippen molar-refractivity contribution in [1.29, 1.82) is 0 Å². The van der Waals surface area contributed by atoms with Gasteiger partial charge in [0.2, 0.25) is 5.91 Å². The molecule has 0 aromatic carbocycles. The Morgan fingerprint density at radius 1 is 1.53 bits per heavy atom. The van der Waals surface area contributed by atoms with Crippen LogP contribution in [0.15, 0.2) is 0 Å². The fraction of sp³-hybridized carbons (Fsp3) is 0.909. The molecule has 1 fully saturated rings. The SMILES string of the molecule is CCC(C)(CN)NC(=O)C1CCOCC1. The summed E-state index contributed by atoms with van der Waals surface area (Å²) in [7, 11) is 0. The lowest BCUT2D eigenvalue weighted by Crippen LogP contribution is -2.53. The van der Waals surface area contributed by atoms with Crippen LogP contribution >= 0.6 is 0 Å². The van der Waals surface area contributed by atoms with Crippen LogP contribution in [0.5, 0.6) is 0 Å². The molecule has 0 aliphatic carbocycles. The zero-order valence-electron chi connectivity index (χ0n) is 9.71. The second-order valence-electron chi connectivity index (χ2n) is 4.49. The lowest BCUT2D eigenvalue weighted by Gasteiger charge is -2.31. The standard InChI is InChI=1S/C11H22N2O2/c1-3-11(2,8-12)13-10(14)9-4-6-15-7-5-9/h9H,3-8,12H2,1-2H3,(H,13,14). The highest BCUT2D eigenvalue weighted by atomic mass is 16.5. The van der Waals surface area contributed by atoms with E-state index in [1.807, 2.05) is 13.8 Å². The van der Waals surface area contributed by atoms with Crippen LogP contribution in [-0.4, -0.2) is 31.2 Å². The maximum Gasteiger partial charge on any atom is 0.223 e. The molecule has 0 saturated carbocycles. The van der Waals surface area contributed by atoms with Gasteiger partial charge in [0.15, 0.2) is 0 Å². The van der Waals surface area contributed by atoms with E-state index >= 15 is 0 Å². The van der Waals surface area contributed by atoms with E-state index in [2.05, 4.69) is 5.32 Å². The average molecular weight is 214 g/mol. The topological polar surface area (TPSA) is 64.3 Å². The van der Waals surface area contributed by atoms with E-state index in [1.54, 1.807) is 0 Å². The Bertz CT molecular complexity index is 209. The van der Waals surface area contributed by atoms with Crippen LogP contribution in [0.3, 0.4) is 0 Å². The summed E-state index contributed by atoms with van der Waals surface area (Å²) < 4.78 is 5.23. The molecule has 0 aromatic heterocycles. The van der Waals surface area contributed by atoms with Gasteiger partial charge in [-0.1, -0.05) is 6.92 Å². The minimum Gasteiger partial charge on any atom is -0.381 e. The summed E-state index contributed by atoms with van der Waals surface area (Å²) in [4.78, 5) is 11.9. The van der Waals surface area contributed by atoms with Crippen molar-refractivity contribution in [2.24, 2.45) is 11.7 Å². The molecule has 1 aliphatic rings. The predicted octanol–water partition coefficient (Wildman–Crippen LogP) is 0.657. The Hall–Kier alpha value is -0.610. The molecule has 4 heteroatoms. The van der Waals surface area contributed by atoms with Crippen LogP contribution in [0.4, 0.5) is 0 Å². The molecule has 15 heavy (non-hydrogen) atoms. The van der Waals surface area contributed by atoms with Crippen LogP contribution in [-0.2, 0) is 9.53 Å². The number of carbonyl (C=O) groups is 1. The predicted molar refractivity (Wildman–Crippen MR) is 59.4 cm³/mol. The first-order valence-electron chi connectivity index (χ1n) is 5.71. The average Bonchev–Trinajstić information content (AvgIpc) is 2.30. The number of nitrogens with one attached hydrogen (secondary N) is 1. The van der Waals surface area contributed by atoms with Gasteiger partial charge in [-0.3, -0.25) is 4.79 Å². The first-order chi connectivity index (χ1) is 7.11. The first kappa shape index (κ1) is 12.5. The Kier molecular flexibility index (Phi) is 4.54. The normalized spacial score (nSPS) is 22.1. The molecule has 1 unspecified atom stereocenters. The molecular weight excluding hydrogens is 192 g/mol. The number of rotatable bonds is 4. The van der Waals surface area contributed by atoms with E-state index in [9.17, 15) is 4.79 Å².